The molecule has 2 atom stereocenters. The summed E-state index contributed by atoms with van der Waals surface area (Å²) in [6.07, 6.45) is 3.41. The summed E-state index contributed by atoms with van der Waals surface area (Å²) in [5.41, 5.74) is 6.07. The van der Waals surface area contributed by atoms with Gasteiger partial charge in [-0.05, 0) is 31.7 Å². The fourth-order valence-corrected chi connectivity index (χ4v) is 2.55. The molecule has 0 bridgehead atoms. The van der Waals surface area contributed by atoms with E-state index in [0.29, 0.717) is 17.6 Å². The van der Waals surface area contributed by atoms with Gasteiger partial charge in [-0.2, -0.15) is 4.98 Å². The number of aromatic nitrogens is 2. The number of rotatable bonds is 5. The summed E-state index contributed by atoms with van der Waals surface area (Å²) in [4.78, 5) is 6.82. The van der Waals surface area contributed by atoms with Crippen molar-refractivity contribution < 1.29 is 9.26 Å². The van der Waals surface area contributed by atoms with Crippen molar-refractivity contribution in [3.05, 3.63) is 11.7 Å². The van der Waals surface area contributed by atoms with Crippen LogP contribution in [-0.2, 0) is 4.74 Å². The first-order valence-electron chi connectivity index (χ1n) is 7.21. The molecule has 1 aromatic rings. The molecular weight excluding hydrogens is 244 g/mol. The van der Waals surface area contributed by atoms with Gasteiger partial charge in [0.1, 0.15) is 6.10 Å². The van der Waals surface area contributed by atoms with Gasteiger partial charge in [-0.1, -0.05) is 12.1 Å². The zero-order valence-corrected chi connectivity index (χ0v) is 11.4. The van der Waals surface area contributed by atoms with Crippen molar-refractivity contribution in [3.63, 3.8) is 0 Å². The number of ether oxygens (including phenoxy) is 1. The highest BCUT2D eigenvalue weighted by Gasteiger charge is 2.34. The van der Waals surface area contributed by atoms with Crippen LogP contribution in [-0.4, -0.2) is 41.3 Å². The molecule has 2 unspecified atom stereocenters. The zero-order valence-electron chi connectivity index (χ0n) is 11.4. The highest BCUT2D eigenvalue weighted by Crippen LogP contribution is 2.39. The Bertz CT molecular complexity index is 417. The Hall–Kier alpha value is -0.980. The van der Waals surface area contributed by atoms with Crippen molar-refractivity contribution in [1.29, 1.82) is 0 Å². The number of hydrogen-bond acceptors (Lipinski definition) is 6. The van der Waals surface area contributed by atoms with Gasteiger partial charge in [0.15, 0.2) is 0 Å². The second-order valence-electron chi connectivity index (χ2n) is 5.51. The Morgan fingerprint density at radius 1 is 1.47 bits per heavy atom. The molecule has 1 aliphatic heterocycles. The lowest BCUT2D eigenvalue weighted by molar-refractivity contribution is -0.0350. The number of hydrogen-bond donors (Lipinski definition) is 1. The molecule has 19 heavy (non-hydrogen) atoms. The van der Waals surface area contributed by atoms with E-state index in [9.17, 15) is 0 Å². The van der Waals surface area contributed by atoms with Crippen molar-refractivity contribution in [2.24, 2.45) is 11.7 Å². The monoisotopic (exact) mass is 266 g/mol. The van der Waals surface area contributed by atoms with Gasteiger partial charge in [-0.25, -0.2) is 0 Å². The highest BCUT2D eigenvalue weighted by atomic mass is 16.5. The minimum Gasteiger partial charge on any atom is -0.367 e. The van der Waals surface area contributed by atoms with E-state index in [1.165, 1.54) is 12.8 Å². The first-order valence-corrected chi connectivity index (χ1v) is 7.21. The van der Waals surface area contributed by atoms with Gasteiger partial charge in [0.05, 0.1) is 12.6 Å². The minimum absolute atomic E-state index is 0.0794. The normalized spacial score (nSPS) is 26.5. The second kappa shape index (κ2) is 5.56. The topological polar surface area (TPSA) is 77.4 Å². The Kier molecular flexibility index (Phi) is 3.81. The molecule has 1 saturated carbocycles. The summed E-state index contributed by atoms with van der Waals surface area (Å²) in [6, 6.07) is -0.100. The standard InChI is InChI=1S/C13H22N4O2/c1-2-5-17-6-7-18-10(8-17)12-15-13(19-16-12)11(14)9-3-4-9/h9-11H,2-8,14H2,1H3. The van der Waals surface area contributed by atoms with Crippen LogP contribution in [0.5, 0.6) is 0 Å². The largest absolute Gasteiger partial charge is 0.367 e. The molecule has 2 heterocycles. The quantitative estimate of drug-likeness (QED) is 0.864. The van der Waals surface area contributed by atoms with Crippen molar-refractivity contribution >= 4 is 0 Å². The van der Waals surface area contributed by atoms with Crippen molar-refractivity contribution in [2.75, 3.05) is 26.2 Å². The highest BCUT2D eigenvalue weighted by molar-refractivity contribution is 5.01. The summed E-state index contributed by atoms with van der Waals surface area (Å²) >= 11 is 0. The molecule has 2 N–H and O–H groups in total. The van der Waals surface area contributed by atoms with E-state index in [2.05, 4.69) is 22.0 Å². The molecule has 2 aliphatic rings. The molecule has 0 spiro atoms. The molecule has 0 aromatic carbocycles. The fourth-order valence-electron chi connectivity index (χ4n) is 2.55. The Labute approximate surface area is 113 Å². The maximum Gasteiger partial charge on any atom is 0.243 e. The van der Waals surface area contributed by atoms with E-state index < -0.39 is 0 Å². The molecule has 6 nitrogen and oxygen atoms in total. The maximum absolute atomic E-state index is 6.07. The summed E-state index contributed by atoms with van der Waals surface area (Å²) in [7, 11) is 0. The Morgan fingerprint density at radius 3 is 3.05 bits per heavy atom. The predicted molar refractivity (Wildman–Crippen MR) is 69.4 cm³/mol. The van der Waals surface area contributed by atoms with Crippen LogP contribution >= 0.6 is 0 Å². The van der Waals surface area contributed by atoms with Crippen molar-refractivity contribution in [1.82, 2.24) is 15.0 Å². The zero-order chi connectivity index (χ0) is 13.2. The van der Waals surface area contributed by atoms with E-state index in [1.54, 1.807) is 0 Å². The third kappa shape index (κ3) is 2.96. The molecular formula is C13H22N4O2. The van der Waals surface area contributed by atoms with Crippen molar-refractivity contribution in [3.8, 4) is 0 Å². The first-order chi connectivity index (χ1) is 9.28. The van der Waals surface area contributed by atoms with Crippen LogP contribution in [0.2, 0.25) is 0 Å². The van der Waals surface area contributed by atoms with Crippen LogP contribution in [0.15, 0.2) is 4.52 Å². The average Bonchev–Trinajstić information content (AvgIpc) is 3.16. The third-order valence-corrected chi connectivity index (χ3v) is 3.85. The van der Waals surface area contributed by atoms with Gasteiger partial charge >= 0.3 is 0 Å². The minimum atomic E-state index is -0.100. The SMILES string of the molecule is CCCN1CCOC(c2noc(C(N)C3CC3)n2)C1. The molecule has 1 saturated heterocycles. The van der Waals surface area contributed by atoms with Crippen molar-refractivity contribution in [2.45, 2.75) is 38.3 Å². The summed E-state index contributed by atoms with van der Waals surface area (Å²) in [5, 5.41) is 4.05. The summed E-state index contributed by atoms with van der Waals surface area (Å²) in [5.74, 6) is 1.73. The van der Waals surface area contributed by atoms with E-state index in [1.807, 2.05) is 0 Å². The molecule has 0 amide bonds. The average molecular weight is 266 g/mol. The lowest BCUT2D eigenvalue weighted by atomic mass is 10.2. The van der Waals surface area contributed by atoms with Gasteiger partial charge in [0, 0.05) is 13.1 Å². The van der Waals surface area contributed by atoms with Gasteiger partial charge < -0.3 is 15.0 Å². The maximum atomic E-state index is 6.07. The first kappa shape index (κ1) is 13.0. The molecule has 6 heteroatoms. The fraction of sp³-hybridized carbons (Fsp3) is 0.846. The van der Waals surface area contributed by atoms with Gasteiger partial charge in [0.2, 0.25) is 11.7 Å². The van der Waals surface area contributed by atoms with Crippen LogP contribution in [0.4, 0.5) is 0 Å². The molecule has 1 aromatic heterocycles. The number of nitrogens with zero attached hydrogens (tertiary/aromatic N) is 3. The lowest BCUT2D eigenvalue weighted by Gasteiger charge is -2.30. The van der Waals surface area contributed by atoms with E-state index in [4.69, 9.17) is 15.0 Å². The molecule has 0 radical (unpaired) electrons. The lowest BCUT2D eigenvalue weighted by Crippen LogP contribution is -2.39. The van der Waals surface area contributed by atoms with E-state index >= 15 is 0 Å². The number of morpholine rings is 1. The predicted octanol–water partition coefficient (Wildman–Crippen LogP) is 1.26. The molecule has 2 fully saturated rings. The van der Waals surface area contributed by atoms with E-state index in [0.717, 1.165) is 32.7 Å². The van der Waals surface area contributed by atoms with Gasteiger partial charge in [0.25, 0.3) is 0 Å². The second-order valence-corrected chi connectivity index (χ2v) is 5.51. The summed E-state index contributed by atoms with van der Waals surface area (Å²) < 4.78 is 11.0. The molecule has 106 valence electrons. The third-order valence-electron chi connectivity index (χ3n) is 3.85. The van der Waals surface area contributed by atoms with Gasteiger partial charge in [-0.3, -0.25) is 4.90 Å². The summed E-state index contributed by atoms with van der Waals surface area (Å²) in [6.45, 7) is 5.82. The van der Waals surface area contributed by atoms with Crippen LogP contribution in [0.3, 0.4) is 0 Å². The van der Waals surface area contributed by atoms with Gasteiger partial charge in [-0.15, -0.1) is 0 Å². The number of nitrogens with two attached hydrogens (primary N) is 1. The van der Waals surface area contributed by atoms with Crippen LogP contribution in [0, 0.1) is 5.92 Å². The van der Waals surface area contributed by atoms with Crippen LogP contribution in [0.25, 0.3) is 0 Å². The van der Waals surface area contributed by atoms with Crippen LogP contribution in [0.1, 0.15) is 50.0 Å². The molecule has 1 aliphatic carbocycles. The van der Waals surface area contributed by atoms with Crippen LogP contribution < -0.4 is 5.73 Å². The molecule has 3 rings (SSSR count). The Balaban J connectivity index is 1.64. The van der Waals surface area contributed by atoms with E-state index in [-0.39, 0.29) is 12.1 Å². The Morgan fingerprint density at radius 2 is 2.32 bits per heavy atom. The smallest absolute Gasteiger partial charge is 0.243 e.